The second-order valence-corrected chi connectivity index (χ2v) is 4.79. The van der Waals surface area contributed by atoms with Crippen molar-refractivity contribution in [1.82, 2.24) is 0 Å². The van der Waals surface area contributed by atoms with E-state index in [1.807, 2.05) is 18.2 Å². The zero-order valence-corrected chi connectivity index (χ0v) is 10.1. The molecule has 2 nitrogen and oxygen atoms in total. The highest BCUT2D eigenvalue weighted by Gasteiger charge is 2.14. The number of nitrogens with one attached hydrogen (secondary N) is 1. The molecule has 1 aromatic rings. The van der Waals surface area contributed by atoms with E-state index in [0.717, 1.165) is 12.2 Å². The quantitative estimate of drug-likeness (QED) is 0.818. The normalized spacial score (nSPS) is 13.6. The van der Waals surface area contributed by atoms with Crippen molar-refractivity contribution in [3.05, 3.63) is 30.3 Å². The highest BCUT2D eigenvalue weighted by molar-refractivity contribution is 5.42. The maximum Gasteiger partial charge on any atom is 0.0726 e. The van der Waals surface area contributed by atoms with Crippen LogP contribution in [0.1, 0.15) is 27.7 Å². The third-order valence-electron chi connectivity index (χ3n) is 1.92. The predicted octanol–water partition coefficient (Wildman–Crippen LogP) is 3.30. The molecule has 0 heterocycles. The standard InChI is InChI=1S/C13H21NO/c1-11(15-13(2,3)4)10-14-12-8-6-5-7-9-12/h5-9,11,14H,10H2,1-4H3. The van der Waals surface area contributed by atoms with Gasteiger partial charge in [0.1, 0.15) is 0 Å². The number of ether oxygens (including phenoxy) is 1. The molecule has 0 aliphatic carbocycles. The Morgan fingerprint density at radius 2 is 1.80 bits per heavy atom. The van der Waals surface area contributed by atoms with Crippen LogP contribution in [0.15, 0.2) is 30.3 Å². The van der Waals surface area contributed by atoms with E-state index in [1.165, 1.54) is 0 Å². The highest BCUT2D eigenvalue weighted by Crippen LogP contribution is 2.11. The molecule has 84 valence electrons. The zero-order chi connectivity index (χ0) is 11.3. The molecule has 1 unspecified atom stereocenters. The van der Waals surface area contributed by atoms with Crippen LogP contribution in [0.5, 0.6) is 0 Å². The van der Waals surface area contributed by atoms with Crippen LogP contribution in [0.3, 0.4) is 0 Å². The van der Waals surface area contributed by atoms with E-state index in [-0.39, 0.29) is 11.7 Å². The Morgan fingerprint density at radius 3 is 2.33 bits per heavy atom. The average molecular weight is 207 g/mol. The molecule has 0 aliphatic rings. The maximum absolute atomic E-state index is 5.80. The van der Waals surface area contributed by atoms with Gasteiger partial charge in [-0.1, -0.05) is 18.2 Å². The predicted molar refractivity (Wildman–Crippen MR) is 65.2 cm³/mol. The smallest absolute Gasteiger partial charge is 0.0726 e. The number of para-hydroxylation sites is 1. The Bertz CT molecular complexity index is 276. The van der Waals surface area contributed by atoms with Gasteiger partial charge in [0, 0.05) is 12.2 Å². The van der Waals surface area contributed by atoms with Crippen LogP contribution in [0, 0.1) is 0 Å². The van der Waals surface area contributed by atoms with Gasteiger partial charge in [-0.25, -0.2) is 0 Å². The first kappa shape index (κ1) is 12.1. The molecule has 0 aromatic heterocycles. The van der Waals surface area contributed by atoms with Gasteiger partial charge in [-0.3, -0.25) is 0 Å². The molecule has 15 heavy (non-hydrogen) atoms. The Balaban J connectivity index is 2.32. The van der Waals surface area contributed by atoms with Crippen LogP contribution in [-0.4, -0.2) is 18.2 Å². The van der Waals surface area contributed by atoms with Crippen LogP contribution in [0.25, 0.3) is 0 Å². The molecule has 0 saturated heterocycles. The molecule has 0 spiro atoms. The summed E-state index contributed by atoms with van der Waals surface area (Å²) in [6.45, 7) is 9.15. The molecule has 0 bridgehead atoms. The van der Waals surface area contributed by atoms with Crippen LogP contribution < -0.4 is 5.32 Å². The monoisotopic (exact) mass is 207 g/mol. The van der Waals surface area contributed by atoms with Crippen LogP contribution in [0.4, 0.5) is 5.69 Å². The number of rotatable bonds is 4. The summed E-state index contributed by atoms with van der Waals surface area (Å²) in [5.74, 6) is 0. The summed E-state index contributed by atoms with van der Waals surface area (Å²) in [6.07, 6.45) is 0.213. The largest absolute Gasteiger partial charge is 0.382 e. The topological polar surface area (TPSA) is 21.3 Å². The van der Waals surface area contributed by atoms with Gasteiger partial charge in [-0.15, -0.1) is 0 Å². The van der Waals surface area contributed by atoms with E-state index in [1.54, 1.807) is 0 Å². The molecule has 0 radical (unpaired) electrons. The average Bonchev–Trinajstić information content (AvgIpc) is 2.14. The van der Waals surface area contributed by atoms with E-state index >= 15 is 0 Å². The highest BCUT2D eigenvalue weighted by atomic mass is 16.5. The van der Waals surface area contributed by atoms with E-state index in [9.17, 15) is 0 Å². The summed E-state index contributed by atoms with van der Waals surface area (Å²) in [5.41, 5.74) is 1.07. The van der Waals surface area contributed by atoms with E-state index in [2.05, 4.69) is 45.1 Å². The molecule has 1 N–H and O–H groups in total. The van der Waals surface area contributed by atoms with Crippen molar-refractivity contribution in [2.45, 2.75) is 39.4 Å². The van der Waals surface area contributed by atoms with Gasteiger partial charge in [0.05, 0.1) is 11.7 Å². The number of hydrogen-bond acceptors (Lipinski definition) is 2. The van der Waals surface area contributed by atoms with Crippen molar-refractivity contribution in [2.75, 3.05) is 11.9 Å². The first-order valence-corrected chi connectivity index (χ1v) is 5.44. The minimum atomic E-state index is -0.0716. The lowest BCUT2D eigenvalue weighted by Crippen LogP contribution is -2.30. The van der Waals surface area contributed by atoms with E-state index in [4.69, 9.17) is 4.74 Å². The minimum absolute atomic E-state index is 0.0716. The molecule has 0 fully saturated rings. The van der Waals surface area contributed by atoms with Gasteiger partial charge in [0.15, 0.2) is 0 Å². The molecule has 1 atom stereocenters. The number of hydrogen-bond donors (Lipinski definition) is 1. The van der Waals surface area contributed by atoms with Crippen molar-refractivity contribution in [1.29, 1.82) is 0 Å². The van der Waals surface area contributed by atoms with Crippen molar-refractivity contribution in [3.63, 3.8) is 0 Å². The molecule has 1 aromatic carbocycles. The molecular weight excluding hydrogens is 186 g/mol. The fraction of sp³-hybridized carbons (Fsp3) is 0.538. The third kappa shape index (κ3) is 5.43. The Hall–Kier alpha value is -1.02. The fourth-order valence-corrected chi connectivity index (χ4v) is 1.46. The fourth-order valence-electron chi connectivity index (χ4n) is 1.46. The summed E-state index contributed by atoms with van der Waals surface area (Å²) in [7, 11) is 0. The maximum atomic E-state index is 5.80. The lowest BCUT2D eigenvalue weighted by atomic mass is 10.2. The Labute approximate surface area is 92.6 Å². The van der Waals surface area contributed by atoms with Gasteiger partial charge in [0.25, 0.3) is 0 Å². The van der Waals surface area contributed by atoms with Crippen molar-refractivity contribution in [3.8, 4) is 0 Å². The van der Waals surface area contributed by atoms with Crippen LogP contribution >= 0.6 is 0 Å². The van der Waals surface area contributed by atoms with Crippen molar-refractivity contribution < 1.29 is 4.74 Å². The second kappa shape index (κ2) is 5.17. The molecule has 0 aliphatic heterocycles. The van der Waals surface area contributed by atoms with Gasteiger partial charge in [-0.2, -0.15) is 0 Å². The lowest BCUT2D eigenvalue weighted by Gasteiger charge is -2.25. The summed E-state index contributed by atoms with van der Waals surface area (Å²) in [4.78, 5) is 0. The second-order valence-electron chi connectivity index (χ2n) is 4.79. The van der Waals surface area contributed by atoms with E-state index < -0.39 is 0 Å². The van der Waals surface area contributed by atoms with Crippen molar-refractivity contribution >= 4 is 5.69 Å². The minimum Gasteiger partial charge on any atom is -0.382 e. The SMILES string of the molecule is CC(CNc1ccccc1)OC(C)(C)C. The van der Waals surface area contributed by atoms with Gasteiger partial charge in [-0.05, 0) is 39.8 Å². The van der Waals surface area contributed by atoms with Gasteiger partial charge >= 0.3 is 0 Å². The molecular formula is C13H21NO. The number of benzene rings is 1. The summed E-state index contributed by atoms with van der Waals surface area (Å²) >= 11 is 0. The number of anilines is 1. The molecule has 0 amide bonds. The first-order valence-electron chi connectivity index (χ1n) is 5.44. The van der Waals surface area contributed by atoms with Crippen LogP contribution in [-0.2, 0) is 4.74 Å². The first-order chi connectivity index (χ1) is 6.97. The zero-order valence-electron chi connectivity index (χ0n) is 10.1. The summed E-state index contributed by atoms with van der Waals surface area (Å²) in [6, 6.07) is 10.2. The third-order valence-corrected chi connectivity index (χ3v) is 1.92. The van der Waals surface area contributed by atoms with Gasteiger partial charge in [0.2, 0.25) is 0 Å². The Morgan fingerprint density at radius 1 is 1.20 bits per heavy atom. The molecule has 0 saturated carbocycles. The molecule has 2 heteroatoms. The summed E-state index contributed by atoms with van der Waals surface area (Å²) in [5, 5.41) is 3.34. The van der Waals surface area contributed by atoms with Gasteiger partial charge < -0.3 is 10.1 Å². The lowest BCUT2D eigenvalue weighted by molar-refractivity contribution is -0.0448. The van der Waals surface area contributed by atoms with Crippen LogP contribution in [0.2, 0.25) is 0 Å². The van der Waals surface area contributed by atoms with E-state index in [0.29, 0.717) is 0 Å². The Kier molecular flexibility index (Phi) is 4.15. The van der Waals surface area contributed by atoms with Crippen molar-refractivity contribution in [2.24, 2.45) is 0 Å². The molecule has 1 rings (SSSR count). The summed E-state index contributed by atoms with van der Waals surface area (Å²) < 4.78 is 5.80.